The Kier molecular flexibility index (Phi) is 4.15. The van der Waals surface area contributed by atoms with Gasteiger partial charge >= 0.3 is 0 Å². The summed E-state index contributed by atoms with van der Waals surface area (Å²) in [5, 5.41) is 0.339. The molecule has 88 valence electrons. The molecule has 0 spiro atoms. The van der Waals surface area contributed by atoms with Crippen molar-refractivity contribution in [1.29, 1.82) is 0 Å². The van der Waals surface area contributed by atoms with Crippen LogP contribution in [0.25, 0.3) is 0 Å². The number of Topliss-reactive ketones (excluding diaryl/α,β-unsaturated/α-hetero) is 1. The molecule has 1 atom stereocenters. The molecule has 2 N–H and O–H groups in total. The van der Waals surface area contributed by atoms with Crippen LogP contribution < -0.4 is 15.2 Å². The first-order valence-corrected chi connectivity index (χ1v) is 5.10. The van der Waals surface area contributed by atoms with Crippen molar-refractivity contribution in [2.24, 2.45) is 5.73 Å². The molecule has 0 aromatic heterocycles. The molecule has 16 heavy (non-hydrogen) atoms. The monoisotopic (exact) mass is 243 g/mol. The van der Waals surface area contributed by atoms with Crippen molar-refractivity contribution in [3.63, 3.8) is 0 Å². The zero-order chi connectivity index (χ0) is 12.3. The zero-order valence-corrected chi connectivity index (χ0v) is 10.2. The Morgan fingerprint density at radius 1 is 1.31 bits per heavy atom. The van der Waals surface area contributed by atoms with Crippen molar-refractivity contribution in [2.75, 3.05) is 14.2 Å². The molecule has 4 nitrogen and oxygen atoms in total. The van der Waals surface area contributed by atoms with Crippen molar-refractivity contribution < 1.29 is 14.3 Å². The largest absolute Gasteiger partial charge is 0.495 e. The van der Waals surface area contributed by atoms with Crippen molar-refractivity contribution in [3.05, 3.63) is 22.7 Å². The van der Waals surface area contributed by atoms with Crippen LogP contribution in [0, 0.1) is 0 Å². The molecule has 1 aromatic carbocycles. The fourth-order valence-corrected chi connectivity index (χ4v) is 1.54. The second-order valence-corrected chi connectivity index (χ2v) is 3.73. The molecule has 0 aliphatic heterocycles. The Hall–Kier alpha value is -1.26. The van der Waals surface area contributed by atoms with Gasteiger partial charge in [-0.05, 0) is 19.1 Å². The van der Waals surface area contributed by atoms with E-state index in [0.717, 1.165) is 0 Å². The number of methoxy groups -OCH3 is 2. The van der Waals surface area contributed by atoms with E-state index in [9.17, 15) is 4.79 Å². The van der Waals surface area contributed by atoms with E-state index in [1.165, 1.54) is 14.2 Å². The Labute approximate surface area is 99.3 Å². The molecule has 0 amide bonds. The van der Waals surface area contributed by atoms with E-state index in [2.05, 4.69) is 0 Å². The third-order valence-corrected chi connectivity index (χ3v) is 2.52. The first-order valence-electron chi connectivity index (χ1n) is 4.72. The quantitative estimate of drug-likeness (QED) is 0.821. The van der Waals surface area contributed by atoms with E-state index in [1.54, 1.807) is 19.1 Å². The fourth-order valence-electron chi connectivity index (χ4n) is 1.27. The van der Waals surface area contributed by atoms with Gasteiger partial charge in [-0.15, -0.1) is 0 Å². The molecule has 0 heterocycles. The van der Waals surface area contributed by atoms with Gasteiger partial charge in [0.05, 0.1) is 20.3 Å². The molecule has 0 saturated heterocycles. The number of halogens is 1. The average Bonchev–Trinajstić information content (AvgIpc) is 2.28. The SMILES string of the molecule is COc1cc(C(=O)C(C)N)cc(OC)c1Cl. The van der Waals surface area contributed by atoms with Gasteiger partial charge in [0.2, 0.25) is 0 Å². The highest BCUT2D eigenvalue weighted by Crippen LogP contribution is 2.35. The summed E-state index contributed by atoms with van der Waals surface area (Å²) in [7, 11) is 2.95. The van der Waals surface area contributed by atoms with E-state index in [-0.39, 0.29) is 5.78 Å². The van der Waals surface area contributed by atoms with Crippen molar-refractivity contribution >= 4 is 17.4 Å². The lowest BCUT2D eigenvalue weighted by Gasteiger charge is -2.11. The summed E-state index contributed by atoms with van der Waals surface area (Å²) in [6, 6.07) is 2.53. The number of carbonyl (C=O) groups is 1. The maximum atomic E-state index is 11.7. The number of carbonyl (C=O) groups excluding carboxylic acids is 1. The first kappa shape index (κ1) is 12.8. The van der Waals surface area contributed by atoms with Crippen molar-refractivity contribution in [3.8, 4) is 11.5 Å². The van der Waals surface area contributed by atoms with Gasteiger partial charge in [-0.1, -0.05) is 11.6 Å². The first-order chi connectivity index (χ1) is 7.51. The molecule has 1 aromatic rings. The smallest absolute Gasteiger partial charge is 0.179 e. The van der Waals surface area contributed by atoms with E-state index in [1.807, 2.05) is 0 Å². The minimum atomic E-state index is -0.574. The van der Waals surface area contributed by atoms with Crippen LogP contribution in [0.3, 0.4) is 0 Å². The summed E-state index contributed by atoms with van der Waals surface area (Å²) in [6.45, 7) is 1.62. The van der Waals surface area contributed by atoms with Gasteiger partial charge in [0.15, 0.2) is 5.78 Å². The minimum absolute atomic E-state index is 0.187. The topological polar surface area (TPSA) is 61.5 Å². The minimum Gasteiger partial charge on any atom is -0.495 e. The summed E-state index contributed by atoms with van der Waals surface area (Å²) in [4.78, 5) is 11.7. The number of ketones is 1. The number of benzene rings is 1. The highest BCUT2D eigenvalue weighted by atomic mass is 35.5. The second kappa shape index (κ2) is 5.18. The molecule has 0 fully saturated rings. The lowest BCUT2D eigenvalue weighted by molar-refractivity contribution is 0.0967. The average molecular weight is 244 g/mol. The molecule has 0 radical (unpaired) electrons. The van der Waals surface area contributed by atoms with Crippen molar-refractivity contribution in [1.82, 2.24) is 0 Å². The van der Waals surface area contributed by atoms with Crippen LogP contribution in [0.5, 0.6) is 11.5 Å². The molecule has 0 bridgehead atoms. The molecular formula is C11H14ClNO3. The number of nitrogens with two attached hydrogens (primary N) is 1. The highest BCUT2D eigenvalue weighted by Gasteiger charge is 2.17. The van der Waals surface area contributed by atoms with Gasteiger partial charge in [-0.3, -0.25) is 4.79 Å². The Morgan fingerprint density at radius 3 is 2.06 bits per heavy atom. The maximum absolute atomic E-state index is 11.7. The van der Waals surface area contributed by atoms with E-state index in [0.29, 0.717) is 22.1 Å². The Morgan fingerprint density at radius 2 is 1.75 bits per heavy atom. The molecule has 5 heteroatoms. The predicted octanol–water partition coefficient (Wildman–Crippen LogP) is 1.89. The zero-order valence-electron chi connectivity index (χ0n) is 9.41. The lowest BCUT2D eigenvalue weighted by Crippen LogP contribution is -2.26. The summed E-state index contributed by atoms with van der Waals surface area (Å²) in [5.41, 5.74) is 5.95. The van der Waals surface area contributed by atoms with Gasteiger partial charge in [0.1, 0.15) is 16.5 Å². The second-order valence-electron chi connectivity index (χ2n) is 3.35. The molecule has 1 unspecified atom stereocenters. The Balaban J connectivity index is 3.27. The maximum Gasteiger partial charge on any atom is 0.179 e. The summed E-state index contributed by atoms with van der Waals surface area (Å²) in [6.07, 6.45) is 0. The Bertz CT molecular complexity index is 379. The fraction of sp³-hybridized carbons (Fsp3) is 0.364. The summed E-state index contributed by atoms with van der Waals surface area (Å²) in [5.74, 6) is 0.600. The standard InChI is InChI=1S/C11H14ClNO3/c1-6(13)11(14)7-4-8(15-2)10(12)9(5-7)16-3/h4-6H,13H2,1-3H3. The van der Waals surface area contributed by atoms with Crippen LogP contribution in [0.1, 0.15) is 17.3 Å². The number of hydrogen-bond acceptors (Lipinski definition) is 4. The lowest BCUT2D eigenvalue weighted by atomic mass is 10.1. The van der Waals surface area contributed by atoms with Crippen LogP contribution in [0.2, 0.25) is 5.02 Å². The van der Waals surface area contributed by atoms with Gasteiger partial charge < -0.3 is 15.2 Å². The van der Waals surface area contributed by atoms with Crippen LogP contribution in [0.4, 0.5) is 0 Å². The van der Waals surface area contributed by atoms with Gasteiger partial charge in [0.25, 0.3) is 0 Å². The van der Waals surface area contributed by atoms with E-state index < -0.39 is 6.04 Å². The third-order valence-electron chi connectivity index (χ3n) is 2.14. The normalized spacial score (nSPS) is 12.1. The number of rotatable bonds is 4. The molecule has 0 saturated carbocycles. The molecular weight excluding hydrogens is 230 g/mol. The van der Waals surface area contributed by atoms with E-state index in [4.69, 9.17) is 26.8 Å². The molecule has 1 rings (SSSR count). The third kappa shape index (κ3) is 2.46. The molecule has 0 aliphatic carbocycles. The van der Waals surface area contributed by atoms with Gasteiger partial charge in [-0.2, -0.15) is 0 Å². The van der Waals surface area contributed by atoms with Crippen LogP contribution in [-0.2, 0) is 0 Å². The van der Waals surface area contributed by atoms with Gasteiger partial charge in [0, 0.05) is 5.56 Å². The summed E-state index contributed by atoms with van der Waals surface area (Å²) >= 11 is 5.97. The van der Waals surface area contributed by atoms with Gasteiger partial charge in [-0.25, -0.2) is 0 Å². The van der Waals surface area contributed by atoms with Crippen molar-refractivity contribution in [2.45, 2.75) is 13.0 Å². The van der Waals surface area contributed by atoms with Crippen LogP contribution >= 0.6 is 11.6 Å². The number of hydrogen-bond donors (Lipinski definition) is 1. The van der Waals surface area contributed by atoms with Crippen LogP contribution in [-0.4, -0.2) is 26.0 Å². The molecule has 0 aliphatic rings. The van der Waals surface area contributed by atoms with Crippen LogP contribution in [0.15, 0.2) is 12.1 Å². The predicted molar refractivity (Wildman–Crippen MR) is 62.5 cm³/mol. The number of ether oxygens (including phenoxy) is 2. The van der Waals surface area contributed by atoms with E-state index >= 15 is 0 Å². The highest BCUT2D eigenvalue weighted by molar-refractivity contribution is 6.33. The summed E-state index contributed by atoms with van der Waals surface area (Å²) < 4.78 is 10.1.